The van der Waals surface area contributed by atoms with Crippen LogP contribution in [0.3, 0.4) is 0 Å². The van der Waals surface area contributed by atoms with E-state index in [4.69, 9.17) is 28.9 Å². The third-order valence-electron chi connectivity index (χ3n) is 6.78. The van der Waals surface area contributed by atoms with Gasteiger partial charge in [-0.15, -0.1) is 0 Å². The van der Waals surface area contributed by atoms with Crippen LogP contribution in [0.25, 0.3) is 0 Å². The zero-order valence-electron chi connectivity index (χ0n) is 17.3. The van der Waals surface area contributed by atoms with Gasteiger partial charge in [-0.25, -0.2) is 0 Å². The number of nitrogens with two attached hydrogens (primary N) is 1. The molecule has 5 rings (SSSR count). The summed E-state index contributed by atoms with van der Waals surface area (Å²) >= 11 is 12.6. The largest absolute Gasteiger partial charge is 0.370 e. The number of anilines is 1. The van der Waals surface area contributed by atoms with Gasteiger partial charge in [-0.2, -0.15) is 0 Å². The topological polar surface area (TPSA) is 122 Å². The van der Waals surface area contributed by atoms with Crippen LogP contribution in [0.2, 0.25) is 10.0 Å². The van der Waals surface area contributed by atoms with Crippen molar-refractivity contribution in [1.29, 1.82) is 0 Å². The van der Waals surface area contributed by atoms with Gasteiger partial charge in [-0.05, 0) is 24.1 Å². The van der Waals surface area contributed by atoms with Crippen molar-refractivity contribution >= 4 is 52.5 Å². The molecule has 170 valence electrons. The van der Waals surface area contributed by atoms with Gasteiger partial charge in [0.1, 0.15) is 5.54 Å². The Bertz CT molecular complexity index is 1220. The molecule has 33 heavy (non-hydrogen) atoms. The Morgan fingerprint density at radius 2 is 1.76 bits per heavy atom. The number of halogens is 2. The maximum absolute atomic E-state index is 13.7. The molecule has 3 aliphatic rings. The fourth-order valence-electron chi connectivity index (χ4n) is 5.35. The lowest BCUT2D eigenvalue weighted by Gasteiger charge is -2.29. The molecule has 4 N–H and O–H groups in total. The van der Waals surface area contributed by atoms with E-state index in [1.165, 1.54) is 0 Å². The second kappa shape index (κ2) is 7.83. The Hall–Kier alpha value is -2.94. The van der Waals surface area contributed by atoms with Gasteiger partial charge in [0.05, 0.1) is 29.1 Å². The lowest BCUT2D eigenvalue weighted by Crippen LogP contribution is -2.53. The Balaban J connectivity index is 1.60. The molecule has 0 saturated carbocycles. The summed E-state index contributed by atoms with van der Waals surface area (Å²) in [4.78, 5) is 53.3. The van der Waals surface area contributed by atoms with Crippen LogP contribution in [-0.4, -0.2) is 34.6 Å². The van der Waals surface area contributed by atoms with E-state index in [1.54, 1.807) is 42.5 Å². The fraction of sp³-hybridized carbons (Fsp3) is 0.304. The van der Waals surface area contributed by atoms with Crippen LogP contribution in [0.5, 0.6) is 0 Å². The maximum atomic E-state index is 13.7. The van der Waals surface area contributed by atoms with Gasteiger partial charge in [-0.1, -0.05) is 53.5 Å². The number of amides is 4. The SMILES string of the molecule is NC(=O)CC[C@@H]1N[C@]2(C(=O)Nc3c(Cl)cccc32)[C@@H]2C(=O)N(Cc3ccccc3Cl)C(=O)[C@H]12. The number of carbonyl (C=O) groups is 4. The average Bonchev–Trinajstić information content (AvgIpc) is 3.35. The summed E-state index contributed by atoms with van der Waals surface area (Å²) in [5, 5.41) is 6.79. The summed E-state index contributed by atoms with van der Waals surface area (Å²) < 4.78 is 0. The van der Waals surface area contributed by atoms with Gasteiger partial charge in [0, 0.05) is 23.0 Å². The predicted molar refractivity (Wildman–Crippen MR) is 121 cm³/mol. The summed E-state index contributed by atoms with van der Waals surface area (Å²) in [5.41, 5.74) is 5.41. The summed E-state index contributed by atoms with van der Waals surface area (Å²) in [5.74, 6) is -3.70. The molecular weight excluding hydrogens is 467 g/mol. The Kier molecular flexibility index (Phi) is 5.19. The number of fused-ring (bicyclic) bond motifs is 4. The molecule has 8 nitrogen and oxygen atoms in total. The number of benzene rings is 2. The number of likely N-dealkylation sites (tertiary alicyclic amines) is 1. The molecule has 0 aromatic heterocycles. The van der Waals surface area contributed by atoms with Gasteiger partial charge in [0.25, 0.3) is 0 Å². The van der Waals surface area contributed by atoms with Crippen LogP contribution >= 0.6 is 23.2 Å². The van der Waals surface area contributed by atoms with Crippen LogP contribution in [0.4, 0.5) is 5.69 Å². The van der Waals surface area contributed by atoms with Crippen molar-refractivity contribution in [2.45, 2.75) is 31.0 Å². The zero-order valence-corrected chi connectivity index (χ0v) is 18.8. The zero-order chi connectivity index (χ0) is 23.5. The highest BCUT2D eigenvalue weighted by molar-refractivity contribution is 6.35. The molecule has 2 aromatic carbocycles. The smallest absolute Gasteiger partial charge is 0.250 e. The third-order valence-corrected chi connectivity index (χ3v) is 7.46. The first-order valence-corrected chi connectivity index (χ1v) is 11.3. The Morgan fingerprint density at radius 1 is 1.03 bits per heavy atom. The first kappa shape index (κ1) is 21.9. The summed E-state index contributed by atoms with van der Waals surface area (Å²) in [6.45, 7) is -0.00696. The molecule has 10 heteroatoms. The number of imide groups is 1. The number of rotatable bonds is 5. The van der Waals surface area contributed by atoms with E-state index in [9.17, 15) is 19.2 Å². The van der Waals surface area contributed by atoms with Gasteiger partial charge in [0.15, 0.2) is 0 Å². The first-order chi connectivity index (χ1) is 15.8. The van der Waals surface area contributed by atoms with Crippen molar-refractivity contribution in [1.82, 2.24) is 10.2 Å². The monoisotopic (exact) mass is 486 g/mol. The highest BCUT2D eigenvalue weighted by atomic mass is 35.5. The highest BCUT2D eigenvalue weighted by Gasteiger charge is 2.70. The third kappa shape index (κ3) is 3.16. The minimum absolute atomic E-state index is 0.00692. The molecule has 0 unspecified atom stereocenters. The van der Waals surface area contributed by atoms with Crippen LogP contribution in [0, 0.1) is 11.8 Å². The van der Waals surface area contributed by atoms with Crippen molar-refractivity contribution in [3.8, 4) is 0 Å². The van der Waals surface area contributed by atoms with Crippen molar-refractivity contribution in [3.05, 3.63) is 63.6 Å². The van der Waals surface area contributed by atoms with E-state index >= 15 is 0 Å². The molecule has 0 bridgehead atoms. The van der Waals surface area contributed by atoms with Crippen molar-refractivity contribution < 1.29 is 19.2 Å². The van der Waals surface area contributed by atoms with E-state index in [-0.39, 0.29) is 19.4 Å². The number of primary amides is 1. The molecule has 2 saturated heterocycles. The van der Waals surface area contributed by atoms with Gasteiger partial charge in [0.2, 0.25) is 23.6 Å². The van der Waals surface area contributed by atoms with E-state index in [0.29, 0.717) is 26.9 Å². The van der Waals surface area contributed by atoms with E-state index in [2.05, 4.69) is 10.6 Å². The second-order valence-electron chi connectivity index (χ2n) is 8.54. The van der Waals surface area contributed by atoms with E-state index in [0.717, 1.165) is 4.90 Å². The predicted octanol–water partition coefficient (Wildman–Crippen LogP) is 2.18. The molecule has 3 heterocycles. The fourth-order valence-corrected chi connectivity index (χ4v) is 5.77. The van der Waals surface area contributed by atoms with Crippen LogP contribution in [0.1, 0.15) is 24.0 Å². The standard InChI is InChI=1S/C23H20Cl2N4O4/c24-13-6-2-1-4-11(13)10-29-20(31)17-15(8-9-16(26)30)28-23(18(17)21(29)32)12-5-3-7-14(25)19(12)27-22(23)33/h1-7,15,17-18,28H,8-10H2,(H2,26,30)(H,27,33)/t15-,17+,18-,23-/m0/s1. The highest BCUT2D eigenvalue weighted by Crippen LogP contribution is 2.54. The van der Waals surface area contributed by atoms with E-state index < -0.39 is 47.0 Å². The molecule has 0 radical (unpaired) electrons. The lowest BCUT2D eigenvalue weighted by atomic mass is 9.76. The Morgan fingerprint density at radius 3 is 2.48 bits per heavy atom. The van der Waals surface area contributed by atoms with Gasteiger partial charge >= 0.3 is 0 Å². The quantitative estimate of drug-likeness (QED) is 0.559. The van der Waals surface area contributed by atoms with E-state index in [1.807, 2.05) is 0 Å². The number of hydrogen-bond donors (Lipinski definition) is 3. The minimum Gasteiger partial charge on any atom is -0.370 e. The number of para-hydroxylation sites is 1. The number of nitrogens with one attached hydrogen (secondary N) is 2. The number of hydrogen-bond acceptors (Lipinski definition) is 5. The normalized spacial score (nSPS) is 27.8. The molecule has 2 aromatic rings. The second-order valence-corrected chi connectivity index (χ2v) is 9.35. The lowest BCUT2D eigenvalue weighted by molar-refractivity contribution is -0.143. The van der Waals surface area contributed by atoms with Crippen molar-refractivity contribution in [2.24, 2.45) is 17.6 Å². The number of nitrogens with zero attached hydrogens (tertiary/aromatic N) is 1. The van der Waals surface area contributed by atoms with Crippen LogP contribution < -0.4 is 16.4 Å². The molecule has 1 spiro atoms. The molecule has 2 fully saturated rings. The van der Waals surface area contributed by atoms with Crippen LogP contribution in [-0.2, 0) is 31.3 Å². The molecular formula is C23H20Cl2N4O4. The molecule has 0 aliphatic carbocycles. The molecule has 4 amide bonds. The summed E-state index contributed by atoms with van der Waals surface area (Å²) in [7, 11) is 0. The molecule has 4 atom stereocenters. The van der Waals surface area contributed by atoms with Crippen molar-refractivity contribution in [3.63, 3.8) is 0 Å². The van der Waals surface area contributed by atoms with Crippen LogP contribution in [0.15, 0.2) is 42.5 Å². The first-order valence-electron chi connectivity index (χ1n) is 10.5. The minimum atomic E-state index is -1.48. The van der Waals surface area contributed by atoms with Gasteiger partial charge < -0.3 is 11.1 Å². The number of carbonyl (C=O) groups excluding carboxylic acids is 4. The maximum Gasteiger partial charge on any atom is 0.250 e. The summed E-state index contributed by atoms with van der Waals surface area (Å²) in [6.07, 6.45) is 0.216. The van der Waals surface area contributed by atoms with Crippen molar-refractivity contribution in [2.75, 3.05) is 5.32 Å². The Labute approximate surface area is 199 Å². The van der Waals surface area contributed by atoms with Gasteiger partial charge in [-0.3, -0.25) is 29.4 Å². The average molecular weight is 487 g/mol. The molecule has 3 aliphatic heterocycles. The summed E-state index contributed by atoms with van der Waals surface area (Å²) in [6, 6.07) is 11.4.